The molecular formula is C24H35F2N7O3. The molecule has 5 heterocycles. The van der Waals surface area contributed by atoms with Crippen LogP contribution in [0, 0.1) is 11.8 Å². The van der Waals surface area contributed by atoms with E-state index in [1.54, 1.807) is 25.0 Å². The second-order valence-electron chi connectivity index (χ2n) is 10.5. The van der Waals surface area contributed by atoms with Crippen molar-refractivity contribution < 1.29 is 23.4 Å². The minimum absolute atomic E-state index is 0.0945. The lowest BCUT2D eigenvalue weighted by atomic mass is 9.73. The van der Waals surface area contributed by atoms with Crippen molar-refractivity contribution in [3.05, 3.63) is 37.4 Å². The predicted octanol–water partition coefficient (Wildman–Crippen LogP) is -0.0635. The van der Waals surface area contributed by atoms with E-state index < -0.39 is 42.7 Å². The summed E-state index contributed by atoms with van der Waals surface area (Å²) in [6.45, 7) is 3.08. The summed E-state index contributed by atoms with van der Waals surface area (Å²) < 4.78 is 47.2. The summed E-state index contributed by atoms with van der Waals surface area (Å²) in [6.07, 6.45) is 7.58. The van der Waals surface area contributed by atoms with Crippen LogP contribution in [0.4, 0.5) is 8.78 Å². The number of rotatable bonds is 10. The maximum Gasteiger partial charge on any atom is 0.182 e. The summed E-state index contributed by atoms with van der Waals surface area (Å²) in [4.78, 5) is 10.2. The van der Waals surface area contributed by atoms with Crippen LogP contribution in [0.3, 0.4) is 0 Å². The number of hydrogen-bond donors (Lipinski definition) is 3. The monoisotopic (exact) mass is 507 g/mol. The maximum atomic E-state index is 16.3. The number of hydrogen-bond acceptors (Lipinski definition) is 8. The molecule has 2 aromatic heterocycles. The number of epoxide rings is 2. The third kappa shape index (κ3) is 4.70. The van der Waals surface area contributed by atoms with Crippen molar-refractivity contribution in [2.24, 2.45) is 17.6 Å². The molecule has 0 amide bonds. The van der Waals surface area contributed by atoms with Gasteiger partial charge in [0.2, 0.25) is 0 Å². The molecule has 6 rings (SSSR count). The molecule has 10 nitrogen and oxygen atoms in total. The van der Waals surface area contributed by atoms with Gasteiger partial charge in [-0.25, -0.2) is 18.7 Å². The topological polar surface area (TPSA) is 122 Å². The van der Waals surface area contributed by atoms with Gasteiger partial charge in [0.15, 0.2) is 6.29 Å². The Morgan fingerprint density at radius 1 is 0.944 bits per heavy atom. The number of nitrogens with two attached hydrogens (primary N) is 1. The van der Waals surface area contributed by atoms with E-state index in [-0.39, 0.29) is 24.2 Å². The van der Waals surface area contributed by atoms with Crippen LogP contribution >= 0.6 is 0 Å². The zero-order valence-corrected chi connectivity index (χ0v) is 20.1. The van der Waals surface area contributed by atoms with Crippen molar-refractivity contribution in [1.82, 2.24) is 29.3 Å². The van der Waals surface area contributed by atoms with Crippen LogP contribution in [0.1, 0.15) is 12.8 Å². The van der Waals surface area contributed by atoms with Crippen LogP contribution in [0.2, 0.25) is 0 Å². The number of nitrogens with zero attached hydrogens (tertiary/aromatic N) is 5. The fraction of sp³-hybridized carbons (Fsp3) is 0.750. The van der Waals surface area contributed by atoms with E-state index in [1.165, 1.54) is 0 Å². The molecular weight excluding hydrogens is 472 g/mol. The average Bonchev–Trinajstić information content (AvgIpc) is 3.64. The Hall–Kier alpha value is -1.96. The fourth-order valence-electron chi connectivity index (χ4n) is 6.43. The molecule has 0 spiro atoms. The van der Waals surface area contributed by atoms with Crippen molar-refractivity contribution in [1.29, 1.82) is 0 Å². The number of aliphatic hydroxyl groups is 1. The molecule has 2 aromatic rings. The second-order valence-corrected chi connectivity index (χ2v) is 10.5. The smallest absolute Gasteiger partial charge is 0.182 e. The standard InChI is InChI=1S/C24H35F2N7O3/c25-16-18(27)15-20(17(26)19(16)30-3-1-6-31-9-4-28-12-31)33(8-2-7-32-10-5-29-13-32)11-14(21-23(15)35-21)22-24(34)36-22/h4-5,9-10,12-24,30,34H,1-3,6-8,11,27H2. The molecule has 1 aliphatic carbocycles. The molecule has 4 fully saturated rings. The lowest BCUT2D eigenvalue weighted by Crippen LogP contribution is -2.69. The van der Waals surface area contributed by atoms with Crippen molar-refractivity contribution in [3.63, 3.8) is 0 Å². The van der Waals surface area contributed by atoms with Crippen LogP contribution in [-0.2, 0) is 22.6 Å². The summed E-state index contributed by atoms with van der Waals surface area (Å²) in [5, 5.41) is 13.1. The van der Waals surface area contributed by atoms with Crippen LogP contribution < -0.4 is 11.1 Å². The molecule has 3 aliphatic heterocycles. The van der Waals surface area contributed by atoms with Gasteiger partial charge in [0.25, 0.3) is 0 Å². The zero-order chi connectivity index (χ0) is 24.8. The SMILES string of the molecule is NC1C(F)C(NCCCn2ccnc2)C(F)C2C1C1OC1C(C1OC1O)CN2CCCn1ccnc1. The molecule has 198 valence electrons. The van der Waals surface area contributed by atoms with Gasteiger partial charge in [0.1, 0.15) is 18.4 Å². The van der Waals surface area contributed by atoms with E-state index in [9.17, 15) is 5.11 Å². The molecule has 36 heavy (non-hydrogen) atoms. The average molecular weight is 508 g/mol. The Balaban J connectivity index is 1.17. The molecule has 4 aliphatic rings. The molecule has 12 heteroatoms. The number of aromatic nitrogens is 4. The quantitative estimate of drug-likeness (QED) is 0.302. The largest absolute Gasteiger partial charge is 0.369 e. The normalized spacial score (nSPS) is 41.9. The molecule has 11 atom stereocenters. The number of fused-ring (bicyclic) bond motifs is 3. The van der Waals surface area contributed by atoms with Gasteiger partial charge < -0.3 is 34.8 Å². The number of aryl methyl sites for hydroxylation is 2. The van der Waals surface area contributed by atoms with Gasteiger partial charge in [0.05, 0.1) is 30.9 Å². The number of likely N-dealkylation sites (tertiary alicyclic amines) is 1. The highest BCUT2D eigenvalue weighted by atomic mass is 19.1. The van der Waals surface area contributed by atoms with E-state index in [2.05, 4.69) is 20.2 Å². The Morgan fingerprint density at radius 3 is 2.28 bits per heavy atom. The van der Waals surface area contributed by atoms with Crippen LogP contribution in [0.15, 0.2) is 37.4 Å². The Kier molecular flexibility index (Phi) is 6.82. The predicted molar refractivity (Wildman–Crippen MR) is 125 cm³/mol. The third-order valence-corrected chi connectivity index (χ3v) is 8.32. The van der Waals surface area contributed by atoms with Gasteiger partial charge in [-0.2, -0.15) is 0 Å². The lowest BCUT2D eigenvalue weighted by molar-refractivity contribution is -0.0475. The Morgan fingerprint density at radius 2 is 1.64 bits per heavy atom. The number of alkyl halides is 2. The first-order valence-corrected chi connectivity index (χ1v) is 12.9. The summed E-state index contributed by atoms with van der Waals surface area (Å²) in [5.41, 5.74) is 6.49. The lowest BCUT2D eigenvalue weighted by Gasteiger charge is -2.48. The maximum absolute atomic E-state index is 16.3. The van der Waals surface area contributed by atoms with Crippen molar-refractivity contribution in [3.8, 4) is 0 Å². The highest BCUT2D eigenvalue weighted by molar-refractivity contribution is 5.17. The summed E-state index contributed by atoms with van der Waals surface area (Å²) in [7, 11) is 0. The van der Waals surface area contributed by atoms with Crippen LogP contribution in [0.25, 0.3) is 0 Å². The molecule has 0 radical (unpaired) electrons. The molecule has 0 aromatic carbocycles. The second kappa shape index (κ2) is 10.1. The van der Waals surface area contributed by atoms with Gasteiger partial charge in [0, 0.05) is 74.9 Å². The Bertz CT molecular complexity index is 983. The number of imidazole rings is 2. The van der Waals surface area contributed by atoms with Gasteiger partial charge in [-0.3, -0.25) is 4.90 Å². The molecule has 11 unspecified atom stereocenters. The van der Waals surface area contributed by atoms with E-state index in [0.717, 1.165) is 25.9 Å². The van der Waals surface area contributed by atoms with E-state index in [1.807, 2.05) is 21.5 Å². The summed E-state index contributed by atoms with van der Waals surface area (Å²) in [5.74, 6) is -0.555. The first-order chi connectivity index (χ1) is 17.5. The highest BCUT2D eigenvalue weighted by Crippen LogP contribution is 2.50. The van der Waals surface area contributed by atoms with Crippen LogP contribution in [-0.4, -0.2) is 104 Å². The van der Waals surface area contributed by atoms with E-state index in [0.29, 0.717) is 19.6 Å². The molecule has 3 saturated heterocycles. The molecule has 1 saturated carbocycles. The van der Waals surface area contributed by atoms with Gasteiger partial charge in [-0.15, -0.1) is 0 Å². The highest BCUT2D eigenvalue weighted by Gasteiger charge is 2.66. The van der Waals surface area contributed by atoms with Crippen molar-refractivity contribution in [2.75, 3.05) is 19.6 Å². The van der Waals surface area contributed by atoms with Crippen LogP contribution in [0.5, 0.6) is 0 Å². The minimum atomic E-state index is -1.52. The summed E-state index contributed by atoms with van der Waals surface area (Å²) >= 11 is 0. The summed E-state index contributed by atoms with van der Waals surface area (Å²) in [6, 6.07) is -2.41. The Labute approximate surface area is 208 Å². The first kappa shape index (κ1) is 24.4. The van der Waals surface area contributed by atoms with E-state index >= 15 is 8.78 Å². The van der Waals surface area contributed by atoms with Gasteiger partial charge in [-0.05, 0) is 19.4 Å². The van der Waals surface area contributed by atoms with Gasteiger partial charge >= 0.3 is 0 Å². The molecule has 4 N–H and O–H groups in total. The zero-order valence-electron chi connectivity index (χ0n) is 20.1. The van der Waals surface area contributed by atoms with Gasteiger partial charge in [-0.1, -0.05) is 0 Å². The minimum Gasteiger partial charge on any atom is -0.369 e. The molecule has 0 bridgehead atoms. The number of nitrogens with one attached hydrogen (secondary N) is 1. The number of aliphatic hydroxyl groups excluding tert-OH is 1. The number of ether oxygens (including phenoxy) is 2. The fourth-order valence-corrected chi connectivity index (χ4v) is 6.43. The van der Waals surface area contributed by atoms with Crippen molar-refractivity contribution in [2.45, 2.75) is 81.0 Å². The third-order valence-electron chi connectivity index (χ3n) is 8.32. The van der Waals surface area contributed by atoms with Crippen molar-refractivity contribution >= 4 is 0 Å². The first-order valence-electron chi connectivity index (χ1n) is 12.9. The van der Waals surface area contributed by atoms with E-state index in [4.69, 9.17) is 15.2 Å². The number of halogens is 2.